The summed E-state index contributed by atoms with van der Waals surface area (Å²) >= 11 is 0. The summed E-state index contributed by atoms with van der Waals surface area (Å²) in [6.07, 6.45) is 3.76. The second kappa shape index (κ2) is 8.98. The molecule has 33 heavy (non-hydrogen) atoms. The lowest BCUT2D eigenvalue weighted by atomic mass is 10.0. The number of carbonyl (C=O) groups is 1. The van der Waals surface area contributed by atoms with Crippen molar-refractivity contribution < 1.29 is 4.79 Å². The van der Waals surface area contributed by atoms with Gasteiger partial charge >= 0.3 is 6.03 Å². The van der Waals surface area contributed by atoms with Gasteiger partial charge in [0.1, 0.15) is 5.82 Å². The van der Waals surface area contributed by atoms with E-state index in [1.54, 1.807) is 0 Å². The number of hydrogen-bond acceptors (Lipinski definition) is 2. The van der Waals surface area contributed by atoms with E-state index in [4.69, 9.17) is 5.10 Å². The van der Waals surface area contributed by atoms with Crippen molar-refractivity contribution in [1.82, 2.24) is 24.6 Å². The maximum atomic E-state index is 13.5. The molecule has 0 bridgehead atoms. The summed E-state index contributed by atoms with van der Waals surface area (Å²) in [5.74, 6) is 1.00. The molecular weight excluding hydrogens is 410 g/mol. The summed E-state index contributed by atoms with van der Waals surface area (Å²) in [4.78, 5) is 15.4. The van der Waals surface area contributed by atoms with E-state index in [2.05, 4.69) is 66.3 Å². The van der Waals surface area contributed by atoms with Gasteiger partial charge in [0.2, 0.25) is 0 Å². The molecule has 0 saturated carbocycles. The lowest BCUT2D eigenvalue weighted by Crippen LogP contribution is -2.42. The van der Waals surface area contributed by atoms with Gasteiger partial charge in [0.25, 0.3) is 0 Å². The summed E-state index contributed by atoms with van der Waals surface area (Å²) in [6.45, 7) is 5.33. The molecule has 1 aliphatic rings. The maximum absolute atomic E-state index is 13.5. The Bertz CT molecular complexity index is 1240. The molecule has 4 aromatic rings. The molecule has 0 radical (unpaired) electrons. The van der Waals surface area contributed by atoms with Gasteiger partial charge in [-0.25, -0.2) is 9.48 Å². The third-order valence-electron chi connectivity index (χ3n) is 6.21. The standard InChI is InChI=1S/C27H29N5O/c1-3-17-28-27(33)31-19-22-23(4-2)29-32(21-14-9-6-10-15-21)26(22)30-18-11-16-24(30)25(31)20-12-7-5-8-13-20/h5-16,18,25H,3-4,17,19H2,1-2H3,(H,28,33). The van der Waals surface area contributed by atoms with Gasteiger partial charge in [-0.1, -0.05) is 62.4 Å². The number of nitrogens with one attached hydrogen (secondary N) is 1. The third-order valence-corrected chi connectivity index (χ3v) is 6.21. The molecule has 5 rings (SSSR count). The number of para-hydroxylation sites is 1. The van der Waals surface area contributed by atoms with Crippen LogP contribution >= 0.6 is 0 Å². The molecule has 0 saturated heterocycles. The van der Waals surface area contributed by atoms with Crippen LogP contribution in [0, 0.1) is 0 Å². The molecule has 168 valence electrons. The molecule has 2 aromatic carbocycles. The minimum absolute atomic E-state index is 0.0548. The Kier molecular flexibility index (Phi) is 5.73. The van der Waals surface area contributed by atoms with Crippen molar-refractivity contribution in [2.75, 3.05) is 6.54 Å². The zero-order valence-corrected chi connectivity index (χ0v) is 19.1. The molecule has 6 nitrogen and oxygen atoms in total. The zero-order valence-electron chi connectivity index (χ0n) is 19.1. The number of amides is 2. The van der Waals surface area contributed by atoms with Crippen LogP contribution in [0.3, 0.4) is 0 Å². The Balaban J connectivity index is 1.75. The fourth-order valence-electron chi connectivity index (χ4n) is 4.67. The molecular formula is C27H29N5O. The van der Waals surface area contributed by atoms with Crippen molar-refractivity contribution in [2.24, 2.45) is 0 Å². The Morgan fingerprint density at radius 1 is 1.00 bits per heavy atom. The lowest BCUT2D eigenvalue weighted by molar-refractivity contribution is 0.180. The van der Waals surface area contributed by atoms with Gasteiger partial charge in [-0.05, 0) is 42.7 Å². The highest BCUT2D eigenvalue weighted by atomic mass is 16.2. The van der Waals surface area contributed by atoms with Gasteiger partial charge in [-0.3, -0.25) is 0 Å². The first-order valence-electron chi connectivity index (χ1n) is 11.7. The van der Waals surface area contributed by atoms with E-state index in [0.29, 0.717) is 13.1 Å². The van der Waals surface area contributed by atoms with E-state index in [9.17, 15) is 4.79 Å². The monoisotopic (exact) mass is 439 g/mol. The lowest BCUT2D eigenvalue weighted by Gasteiger charge is -2.31. The average Bonchev–Trinajstić information content (AvgIpc) is 3.44. The Hall–Kier alpha value is -3.80. The first-order chi connectivity index (χ1) is 16.2. The molecule has 0 spiro atoms. The highest BCUT2D eigenvalue weighted by Crippen LogP contribution is 2.38. The van der Waals surface area contributed by atoms with Gasteiger partial charge < -0.3 is 14.8 Å². The summed E-state index contributed by atoms with van der Waals surface area (Å²) in [5.41, 5.74) is 5.24. The van der Waals surface area contributed by atoms with Gasteiger partial charge in [0.05, 0.1) is 29.7 Å². The number of rotatable bonds is 5. The molecule has 1 aliphatic heterocycles. The van der Waals surface area contributed by atoms with Gasteiger partial charge in [0, 0.05) is 18.3 Å². The third kappa shape index (κ3) is 3.71. The fourth-order valence-corrected chi connectivity index (χ4v) is 4.67. The maximum Gasteiger partial charge on any atom is 0.318 e. The van der Waals surface area contributed by atoms with Crippen molar-refractivity contribution in [2.45, 2.75) is 39.3 Å². The largest absolute Gasteiger partial charge is 0.338 e. The van der Waals surface area contributed by atoms with Crippen molar-refractivity contribution in [3.63, 3.8) is 0 Å². The predicted octanol–water partition coefficient (Wildman–Crippen LogP) is 5.25. The van der Waals surface area contributed by atoms with Gasteiger partial charge in [-0.15, -0.1) is 0 Å². The van der Waals surface area contributed by atoms with Crippen LogP contribution in [0.1, 0.15) is 48.8 Å². The highest BCUT2D eigenvalue weighted by Gasteiger charge is 2.36. The molecule has 3 heterocycles. The van der Waals surface area contributed by atoms with Crippen LogP contribution in [-0.4, -0.2) is 31.8 Å². The van der Waals surface area contributed by atoms with Gasteiger partial charge in [0.15, 0.2) is 0 Å². The average molecular weight is 440 g/mol. The summed E-state index contributed by atoms with van der Waals surface area (Å²) in [7, 11) is 0. The molecule has 1 unspecified atom stereocenters. The van der Waals surface area contributed by atoms with Crippen molar-refractivity contribution in [3.05, 3.63) is 102 Å². The molecule has 0 fully saturated rings. The number of benzene rings is 2. The van der Waals surface area contributed by atoms with Crippen molar-refractivity contribution in [3.8, 4) is 11.5 Å². The quantitative estimate of drug-likeness (QED) is 0.462. The molecule has 2 amide bonds. The minimum atomic E-state index is -0.209. The molecule has 2 aromatic heterocycles. The van der Waals surface area contributed by atoms with Crippen LogP contribution in [-0.2, 0) is 13.0 Å². The zero-order chi connectivity index (χ0) is 22.8. The van der Waals surface area contributed by atoms with E-state index >= 15 is 0 Å². The number of urea groups is 1. The van der Waals surface area contributed by atoms with Crippen LogP contribution in [0.15, 0.2) is 79.0 Å². The highest BCUT2D eigenvalue weighted by molar-refractivity contribution is 5.76. The van der Waals surface area contributed by atoms with E-state index in [1.165, 1.54) is 0 Å². The van der Waals surface area contributed by atoms with Crippen LogP contribution in [0.4, 0.5) is 4.79 Å². The SMILES string of the molecule is CCCNC(=O)N1Cc2c(CC)nn(-c3ccccc3)c2-n2cccc2C1c1ccccc1. The molecule has 6 heteroatoms. The Morgan fingerprint density at radius 3 is 2.42 bits per heavy atom. The number of carbonyl (C=O) groups excluding carboxylic acids is 1. The normalized spacial score (nSPS) is 15.0. The van der Waals surface area contributed by atoms with E-state index < -0.39 is 0 Å². The second-order valence-electron chi connectivity index (χ2n) is 8.33. The Morgan fingerprint density at radius 2 is 1.73 bits per heavy atom. The minimum Gasteiger partial charge on any atom is -0.338 e. The van der Waals surface area contributed by atoms with Gasteiger partial charge in [-0.2, -0.15) is 5.10 Å². The number of aromatic nitrogens is 3. The number of aryl methyl sites for hydroxylation is 1. The Labute approximate surface area is 194 Å². The van der Waals surface area contributed by atoms with E-state index in [1.807, 2.05) is 46.0 Å². The van der Waals surface area contributed by atoms with E-state index in [0.717, 1.165) is 46.9 Å². The predicted molar refractivity (Wildman–Crippen MR) is 130 cm³/mol. The van der Waals surface area contributed by atoms with Crippen LogP contribution < -0.4 is 5.32 Å². The number of nitrogens with zero attached hydrogens (tertiary/aromatic N) is 4. The van der Waals surface area contributed by atoms with Crippen LogP contribution in [0.5, 0.6) is 0 Å². The fraction of sp³-hybridized carbons (Fsp3) is 0.259. The smallest absolute Gasteiger partial charge is 0.318 e. The molecule has 1 atom stereocenters. The van der Waals surface area contributed by atoms with Crippen molar-refractivity contribution >= 4 is 6.03 Å². The molecule has 1 N–H and O–H groups in total. The van der Waals surface area contributed by atoms with E-state index in [-0.39, 0.29) is 12.1 Å². The summed E-state index contributed by atoms with van der Waals surface area (Å²) < 4.78 is 4.23. The first-order valence-corrected chi connectivity index (χ1v) is 11.7. The van der Waals surface area contributed by atoms with Crippen molar-refractivity contribution in [1.29, 1.82) is 0 Å². The summed E-state index contributed by atoms with van der Waals surface area (Å²) in [6, 6.07) is 24.4. The van der Waals surface area contributed by atoms with Crippen LogP contribution in [0.25, 0.3) is 11.5 Å². The number of hydrogen-bond donors (Lipinski definition) is 1. The first kappa shape index (κ1) is 21.1. The summed E-state index contributed by atoms with van der Waals surface area (Å²) in [5, 5.41) is 8.10. The second-order valence-corrected chi connectivity index (χ2v) is 8.33. The topological polar surface area (TPSA) is 55.1 Å². The molecule has 0 aliphatic carbocycles. The van der Waals surface area contributed by atoms with Crippen LogP contribution in [0.2, 0.25) is 0 Å². The number of fused-ring (bicyclic) bond motifs is 3.